The minimum Gasteiger partial charge on any atom is -0.392 e. The first-order valence-electron chi connectivity index (χ1n) is 6.62. The number of nitrogens with zero attached hydrogens (tertiary/aromatic N) is 1. The quantitative estimate of drug-likeness (QED) is 0.831. The lowest BCUT2D eigenvalue weighted by Crippen LogP contribution is -2.37. The van der Waals surface area contributed by atoms with Crippen LogP contribution in [-0.4, -0.2) is 29.3 Å². The highest BCUT2D eigenvalue weighted by Gasteiger charge is 2.21. The minimum atomic E-state index is -0.261. The molecule has 0 radical (unpaired) electrons. The van der Waals surface area contributed by atoms with Crippen molar-refractivity contribution in [1.29, 1.82) is 0 Å². The zero-order chi connectivity index (χ0) is 12.1. The Morgan fingerprint density at radius 3 is 3.00 bits per heavy atom. The lowest BCUT2D eigenvalue weighted by Gasteiger charge is -2.27. The topological polar surface area (TPSA) is 45.1 Å². The van der Waals surface area contributed by atoms with Gasteiger partial charge in [-0.2, -0.15) is 0 Å². The van der Waals surface area contributed by atoms with E-state index >= 15 is 0 Å². The third kappa shape index (κ3) is 3.51. The van der Waals surface area contributed by atoms with Gasteiger partial charge in [0.1, 0.15) is 0 Å². The van der Waals surface area contributed by atoms with Gasteiger partial charge in [0, 0.05) is 24.9 Å². The van der Waals surface area contributed by atoms with Crippen molar-refractivity contribution in [2.24, 2.45) is 5.92 Å². The molecule has 2 heterocycles. The van der Waals surface area contributed by atoms with Gasteiger partial charge in [0.15, 0.2) is 0 Å². The van der Waals surface area contributed by atoms with Gasteiger partial charge in [-0.3, -0.25) is 4.98 Å². The molecule has 0 spiro atoms. The van der Waals surface area contributed by atoms with Crippen LogP contribution in [-0.2, 0) is 12.8 Å². The Morgan fingerprint density at radius 1 is 1.53 bits per heavy atom. The number of aromatic nitrogens is 1. The Hall–Kier alpha value is -0.930. The molecule has 94 valence electrons. The van der Waals surface area contributed by atoms with Crippen LogP contribution in [0.1, 0.15) is 31.0 Å². The molecule has 0 aromatic carbocycles. The van der Waals surface area contributed by atoms with E-state index < -0.39 is 0 Å². The van der Waals surface area contributed by atoms with Crippen LogP contribution < -0.4 is 5.32 Å². The average molecular weight is 234 g/mol. The van der Waals surface area contributed by atoms with E-state index in [1.54, 1.807) is 0 Å². The lowest BCUT2D eigenvalue weighted by atomic mass is 9.91. The summed E-state index contributed by atoms with van der Waals surface area (Å²) in [5.41, 5.74) is 2.25. The molecule has 0 saturated carbocycles. The van der Waals surface area contributed by atoms with Crippen LogP contribution in [0, 0.1) is 5.92 Å². The molecule has 1 aromatic heterocycles. The molecule has 1 aliphatic rings. The standard InChI is InChI=1S/C14H22N2O/c1-2-11-5-6-13(16-9-11)8-14(17)12-4-3-7-15-10-12/h5-6,9,12,14-15,17H,2-4,7-8,10H2,1H3. The molecule has 1 saturated heterocycles. The van der Waals surface area contributed by atoms with Gasteiger partial charge in [-0.1, -0.05) is 13.0 Å². The first kappa shape index (κ1) is 12.5. The third-order valence-corrected chi connectivity index (χ3v) is 3.59. The van der Waals surface area contributed by atoms with Gasteiger partial charge in [-0.25, -0.2) is 0 Å². The van der Waals surface area contributed by atoms with E-state index in [9.17, 15) is 5.11 Å². The highest BCUT2D eigenvalue weighted by atomic mass is 16.3. The fraction of sp³-hybridized carbons (Fsp3) is 0.643. The van der Waals surface area contributed by atoms with Crippen LogP contribution in [0.15, 0.2) is 18.3 Å². The lowest BCUT2D eigenvalue weighted by molar-refractivity contribution is 0.0913. The average Bonchev–Trinajstić information content (AvgIpc) is 2.40. The largest absolute Gasteiger partial charge is 0.392 e. The van der Waals surface area contributed by atoms with Crippen molar-refractivity contribution in [1.82, 2.24) is 10.3 Å². The predicted molar refractivity (Wildman–Crippen MR) is 68.9 cm³/mol. The molecule has 1 fully saturated rings. The molecule has 2 rings (SSSR count). The molecular weight excluding hydrogens is 212 g/mol. The molecule has 1 aromatic rings. The number of aliphatic hydroxyl groups excluding tert-OH is 1. The number of nitrogens with one attached hydrogen (secondary N) is 1. The maximum atomic E-state index is 10.2. The number of piperidine rings is 1. The van der Waals surface area contributed by atoms with Gasteiger partial charge >= 0.3 is 0 Å². The molecule has 0 aliphatic carbocycles. The van der Waals surface area contributed by atoms with Crippen molar-refractivity contribution in [2.45, 2.75) is 38.7 Å². The summed E-state index contributed by atoms with van der Waals surface area (Å²) in [4.78, 5) is 4.40. The normalized spacial score (nSPS) is 22.4. The van der Waals surface area contributed by atoms with E-state index in [4.69, 9.17) is 0 Å². The van der Waals surface area contributed by atoms with Gasteiger partial charge in [-0.05, 0) is 43.4 Å². The summed E-state index contributed by atoms with van der Waals surface area (Å²) in [5.74, 6) is 0.386. The van der Waals surface area contributed by atoms with Gasteiger partial charge in [0.05, 0.1) is 6.10 Å². The van der Waals surface area contributed by atoms with Crippen molar-refractivity contribution in [3.05, 3.63) is 29.6 Å². The van der Waals surface area contributed by atoms with Crippen molar-refractivity contribution in [3.63, 3.8) is 0 Å². The Labute approximate surface area is 103 Å². The zero-order valence-electron chi connectivity index (χ0n) is 10.5. The molecule has 1 aliphatic heterocycles. The van der Waals surface area contributed by atoms with Crippen molar-refractivity contribution >= 4 is 0 Å². The maximum Gasteiger partial charge on any atom is 0.0635 e. The zero-order valence-corrected chi connectivity index (χ0v) is 10.5. The number of aryl methyl sites for hydroxylation is 1. The summed E-state index contributed by atoms with van der Waals surface area (Å²) in [6.07, 6.45) is 5.65. The number of hydrogen-bond donors (Lipinski definition) is 2. The van der Waals surface area contributed by atoms with E-state index in [2.05, 4.69) is 23.3 Å². The van der Waals surface area contributed by atoms with Crippen LogP contribution in [0.3, 0.4) is 0 Å². The molecular formula is C14H22N2O. The third-order valence-electron chi connectivity index (χ3n) is 3.59. The summed E-state index contributed by atoms with van der Waals surface area (Å²) >= 11 is 0. The summed E-state index contributed by atoms with van der Waals surface area (Å²) in [6, 6.07) is 4.15. The van der Waals surface area contributed by atoms with E-state index in [1.165, 1.54) is 12.0 Å². The van der Waals surface area contributed by atoms with E-state index in [-0.39, 0.29) is 6.10 Å². The minimum absolute atomic E-state index is 0.261. The number of pyridine rings is 1. The van der Waals surface area contributed by atoms with Crippen LogP contribution in [0.4, 0.5) is 0 Å². The van der Waals surface area contributed by atoms with E-state index in [0.717, 1.165) is 31.6 Å². The van der Waals surface area contributed by atoms with Gasteiger partial charge < -0.3 is 10.4 Å². The van der Waals surface area contributed by atoms with Crippen LogP contribution in [0.2, 0.25) is 0 Å². The first-order valence-corrected chi connectivity index (χ1v) is 6.62. The molecule has 3 nitrogen and oxygen atoms in total. The van der Waals surface area contributed by atoms with Gasteiger partial charge in [-0.15, -0.1) is 0 Å². The maximum absolute atomic E-state index is 10.2. The molecule has 2 atom stereocenters. The number of hydrogen-bond acceptors (Lipinski definition) is 3. The summed E-state index contributed by atoms with van der Waals surface area (Å²) in [7, 11) is 0. The highest BCUT2D eigenvalue weighted by Crippen LogP contribution is 2.17. The van der Waals surface area contributed by atoms with E-state index in [1.807, 2.05) is 12.3 Å². The second-order valence-electron chi connectivity index (χ2n) is 4.89. The van der Waals surface area contributed by atoms with Crippen molar-refractivity contribution in [3.8, 4) is 0 Å². The van der Waals surface area contributed by atoms with E-state index in [0.29, 0.717) is 12.3 Å². The molecule has 2 unspecified atom stereocenters. The fourth-order valence-electron chi connectivity index (χ4n) is 2.37. The molecule has 3 heteroatoms. The van der Waals surface area contributed by atoms with Crippen LogP contribution in [0.25, 0.3) is 0 Å². The van der Waals surface area contributed by atoms with Crippen molar-refractivity contribution < 1.29 is 5.11 Å². The fourth-order valence-corrected chi connectivity index (χ4v) is 2.37. The SMILES string of the molecule is CCc1ccc(CC(O)C2CCCNC2)nc1. The highest BCUT2D eigenvalue weighted by molar-refractivity contribution is 5.14. The van der Waals surface area contributed by atoms with Gasteiger partial charge in [0.25, 0.3) is 0 Å². The predicted octanol–water partition coefficient (Wildman–Crippen LogP) is 1.55. The molecule has 0 bridgehead atoms. The second kappa shape index (κ2) is 6.12. The van der Waals surface area contributed by atoms with Gasteiger partial charge in [0.2, 0.25) is 0 Å². The monoisotopic (exact) mass is 234 g/mol. The second-order valence-corrected chi connectivity index (χ2v) is 4.89. The summed E-state index contributed by atoms with van der Waals surface area (Å²) in [5, 5.41) is 13.5. The van der Waals surface area contributed by atoms with Crippen LogP contribution >= 0.6 is 0 Å². The summed E-state index contributed by atoms with van der Waals surface area (Å²) < 4.78 is 0. The Balaban J connectivity index is 1.89. The Morgan fingerprint density at radius 2 is 2.41 bits per heavy atom. The molecule has 17 heavy (non-hydrogen) atoms. The number of aliphatic hydroxyl groups is 1. The molecule has 0 amide bonds. The first-order chi connectivity index (χ1) is 8.29. The Kier molecular flexibility index (Phi) is 4.51. The smallest absolute Gasteiger partial charge is 0.0635 e. The van der Waals surface area contributed by atoms with Crippen molar-refractivity contribution in [2.75, 3.05) is 13.1 Å². The Bertz CT molecular complexity index is 331. The number of rotatable bonds is 4. The van der Waals surface area contributed by atoms with Crippen LogP contribution in [0.5, 0.6) is 0 Å². The molecule has 2 N–H and O–H groups in total. The summed E-state index contributed by atoms with van der Waals surface area (Å²) in [6.45, 7) is 4.15.